The number of nitro groups is 1. The Morgan fingerprint density at radius 3 is 2.85 bits per heavy atom. The molecule has 0 atom stereocenters. The van der Waals surface area contributed by atoms with Crippen molar-refractivity contribution in [1.82, 2.24) is 14.5 Å². The lowest BCUT2D eigenvalue weighted by atomic mass is 10.2. The lowest BCUT2D eigenvalue weighted by Crippen LogP contribution is -1.97. The number of fused-ring (bicyclic) bond motifs is 4. The van der Waals surface area contributed by atoms with E-state index in [1.54, 1.807) is 18.4 Å². The monoisotopic (exact) mass is 284 g/mol. The van der Waals surface area contributed by atoms with Crippen molar-refractivity contribution in [3.8, 4) is 0 Å². The number of thiophene rings is 1. The van der Waals surface area contributed by atoms with Crippen LogP contribution < -0.4 is 0 Å². The van der Waals surface area contributed by atoms with E-state index in [0.717, 1.165) is 20.3 Å². The van der Waals surface area contributed by atoms with Crippen LogP contribution in [0, 0.1) is 10.1 Å². The molecule has 7 heteroatoms. The van der Waals surface area contributed by atoms with Crippen LogP contribution in [0.5, 0.6) is 0 Å². The van der Waals surface area contributed by atoms with Crippen molar-refractivity contribution in [2.45, 2.75) is 0 Å². The molecular weight excluding hydrogens is 276 g/mol. The molecule has 0 spiro atoms. The van der Waals surface area contributed by atoms with E-state index in [2.05, 4.69) is 9.97 Å². The normalized spacial score (nSPS) is 11.7. The van der Waals surface area contributed by atoms with Crippen molar-refractivity contribution in [2.24, 2.45) is 7.05 Å². The van der Waals surface area contributed by atoms with Crippen LogP contribution in [0.1, 0.15) is 0 Å². The first-order chi connectivity index (χ1) is 9.65. The summed E-state index contributed by atoms with van der Waals surface area (Å²) in [6.45, 7) is 0. The van der Waals surface area contributed by atoms with Gasteiger partial charge in [-0.2, -0.15) is 4.98 Å². The summed E-state index contributed by atoms with van der Waals surface area (Å²) in [6, 6.07) is 9.97. The number of hydrogen-bond donors (Lipinski definition) is 0. The van der Waals surface area contributed by atoms with Gasteiger partial charge in [0.2, 0.25) is 0 Å². The van der Waals surface area contributed by atoms with Gasteiger partial charge in [-0.05, 0) is 22.0 Å². The zero-order chi connectivity index (χ0) is 13.9. The summed E-state index contributed by atoms with van der Waals surface area (Å²) in [5.41, 5.74) is 1.09. The fraction of sp³-hybridized carbons (Fsp3) is 0.0769. The Balaban J connectivity index is 2.18. The van der Waals surface area contributed by atoms with Crippen LogP contribution in [0.4, 0.5) is 5.95 Å². The van der Waals surface area contributed by atoms with E-state index in [1.807, 2.05) is 30.3 Å². The molecule has 4 rings (SSSR count). The van der Waals surface area contributed by atoms with E-state index in [0.29, 0.717) is 11.2 Å². The maximum Gasteiger partial charge on any atom is 0.437 e. The van der Waals surface area contributed by atoms with Crippen LogP contribution >= 0.6 is 11.3 Å². The second-order valence-corrected chi connectivity index (χ2v) is 5.54. The number of aromatic nitrogens is 3. The first-order valence-electron chi connectivity index (χ1n) is 5.94. The molecule has 0 aliphatic carbocycles. The SMILES string of the molecule is Cn1c([N+](=O)[O-])nc2nc3sc4ccccc4c3cc21. The van der Waals surface area contributed by atoms with Crippen LogP contribution in [-0.4, -0.2) is 19.5 Å². The molecule has 0 bridgehead atoms. The molecule has 0 unspecified atom stereocenters. The maximum absolute atomic E-state index is 10.9. The van der Waals surface area contributed by atoms with E-state index in [4.69, 9.17) is 0 Å². The van der Waals surface area contributed by atoms with Crippen molar-refractivity contribution < 1.29 is 4.92 Å². The molecule has 20 heavy (non-hydrogen) atoms. The lowest BCUT2D eigenvalue weighted by molar-refractivity contribution is -0.396. The zero-order valence-corrected chi connectivity index (χ0v) is 11.2. The van der Waals surface area contributed by atoms with Gasteiger partial charge in [0.1, 0.15) is 4.83 Å². The van der Waals surface area contributed by atoms with E-state index in [-0.39, 0.29) is 5.95 Å². The summed E-state index contributed by atoms with van der Waals surface area (Å²) >= 11 is 1.57. The molecule has 3 heterocycles. The van der Waals surface area contributed by atoms with Crippen molar-refractivity contribution in [1.29, 1.82) is 0 Å². The third kappa shape index (κ3) is 1.38. The second kappa shape index (κ2) is 3.73. The summed E-state index contributed by atoms with van der Waals surface area (Å²) in [4.78, 5) is 19.7. The van der Waals surface area contributed by atoms with Crippen LogP contribution in [0.25, 0.3) is 31.5 Å². The highest BCUT2D eigenvalue weighted by molar-refractivity contribution is 7.25. The van der Waals surface area contributed by atoms with Crippen LogP contribution in [0.15, 0.2) is 30.3 Å². The minimum absolute atomic E-state index is 0.186. The Morgan fingerprint density at radius 2 is 2.05 bits per heavy atom. The number of benzene rings is 1. The molecule has 0 aliphatic heterocycles. The predicted molar refractivity (Wildman–Crippen MR) is 78.1 cm³/mol. The number of pyridine rings is 1. The number of rotatable bonds is 1. The fourth-order valence-corrected chi connectivity index (χ4v) is 3.45. The number of hydrogen-bond acceptors (Lipinski definition) is 5. The molecule has 0 aliphatic rings. The maximum atomic E-state index is 10.9. The van der Waals surface area contributed by atoms with Crippen molar-refractivity contribution >= 4 is 48.8 Å². The van der Waals surface area contributed by atoms with E-state index in [9.17, 15) is 10.1 Å². The average molecular weight is 284 g/mol. The molecule has 3 aromatic heterocycles. The Labute approximate surface area is 116 Å². The van der Waals surface area contributed by atoms with Crippen molar-refractivity contribution in [3.63, 3.8) is 0 Å². The second-order valence-electron chi connectivity index (χ2n) is 4.51. The number of aryl methyl sites for hydroxylation is 1. The third-order valence-corrected chi connectivity index (χ3v) is 4.44. The Hall–Kier alpha value is -2.54. The molecule has 0 amide bonds. The van der Waals surface area contributed by atoms with Gasteiger partial charge in [-0.1, -0.05) is 18.2 Å². The van der Waals surface area contributed by atoms with Gasteiger partial charge in [0.25, 0.3) is 5.65 Å². The number of imidazole rings is 1. The average Bonchev–Trinajstić information content (AvgIpc) is 2.95. The molecular formula is C13H8N4O2S. The van der Waals surface area contributed by atoms with Gasteiger partial charge in [-0.3, -0.25) is 0 Å². The molecule has 6 nitrogen and oxygen atoms in total. The van der Waals surface area contributed by atoms with Gasteiger partial charge < -0.3 is 10.1 Å². The largest absolute Gasteiger partial charge is 0.437 e. The van der Waals surface area contributed by atoms with Gasteiger partial charge in [-0.25, -0.2) is 4.57 Å². The molecule has 0 saturated heterocycles. The van der Waals surface area contributed by atoms with Crippen LogP contribution in [-0.2, 0) is 7.05 Å². The zero-order valence-electron chi connectivity index (χ0n) is 10.4. The smallest absolute Gasteiger partial charge is 0.390 e. The van der Waals surface area contributed by atoms with Crippen molar-refractivity contribution in [3.05, 3.63) is 40.4 Å². The third-order valence-electron chi connectivity index (χ3n) is 3.36. The van der Waals surface area contributed by atoms with Gasteiger partial charge in [0.05, 0.1) is 7.05 Å². The summed E-state index contributed by atoms with van der Waals surface area (Å²) in [6.07, 6.45) is 0. The molecule has 4 aromatic rings. The molecule has 0 saturated carbocycles. The van der Waals surface area contributed by atoms with Gasteiger partial charge in [0, 0.05) is 15.5 Å². The topological polar surface area (TPSA) is 73.8 Å². The first-order valence-corrected chi connectivity index (χ1v) is 6.76. The highest BCUT2D eigenvalue weighted by atomic mass is 32.1. The van der Waals surface area contributed by atoms with E-state index in [1.165, 1.54) is 4.57 Å². The van der Waals surface area contributed by atoms with Crippen LogP contribution in [0.2, 0.25) is 0 Å². The Morgan fingerprint density at radius 1 is 1.25 bits per heavy atom. The van der Waals surface area contributed by atoms with Gasteiger partial charge >= 0.3 is 5.95 Å². The van der Waals surface area contributed by atoms with E-state index >= 15 is 0 Å². The van der Waals surface area contributed by atoms with Gasteiger partial charge in [-0.15, -0.1) is 11.3 Å². The summed E-state index contributed by atoms with van der Waals surface area (Å²) in [7, 11) is 1.63. The molecule has 0 N–H and O–H groups in total. The minimum atomic E-state index is -0.492. The van der Waals surface area contributed by atoms with Crippen LogP contribution in [0.3, 0.4) is 0 Å². The summed E-state index contributed by atoms with van der Waals surface area (Å²) in [5, 5.41) is 13.1. The highest BCUT2D eigenvalue weighted by Gasteiger charge is 2.21. The molecule has 0 radical (unpaired) electrons. The first kappa shape index (κ1) is 11.3. The summed E-state index contributed by atoms with van der Waals surface area (Å²) in [5.74, 6) is -0.186. The minimum Gasteiger partial charge on any atom is -0.390 e. The predicted octanol–water partition coefficient (Wildman–Crippen LogP) is 3.24. The van der Waals surface area contributed by atoms with Crippen molar-refractivity contribution in [2.75, 3.05) is 0 Å². The van der Waals surface area contributed by atoms with E-state index < -0.39 is 4.92 Å². The fourth-order valence-electron chi connectivity index (χ4n) is 2.40. The molecule has 98 valence electrons. The standard InChI is InChI=1S/C13H8N4O2S/c1-16-9-6-8-7-4-2-3-5-10(7)20-12(8)14-11(9)15-13(16)17(18)19/h2-6H,1H3. The number of nitrogens with zero attached hydrogens (tertiary/aromatic N) is 4. The Kier molecular flexibility index (Phi) is 2.11. The quantitative estimate of drug-likeness (QED) is 0.397. The molecule has 0 fully saturated rings. The van der Waals surface area contributed by atoms with Gasteiger partial charge in [0.15, 0.2) is 5.52 Å². The molecule has 1 aromatic carbocycles. The highest BCUT2D eigenvalue weighted by Crippen LogP contribution is 2.34. The Bertz CT molecular complexity index is 1000. The summed E-state index contributed by atoms with van der Waals surface area (Å²) < 4.78 is 2.62. The lowest BCUT2D eigenvalue weighted by Gasteiger charge is -1.94.